The van der Waals surface area contributed by atoms with E-state index in [-0.39, 0.29) is 5.69 Å². The van der Waals surface area contributed by atoms with Crippen LogP contribution in [0, 0.1) is 13.8 Å². The molecule has 1 unspecified atom stereocenters. The third-order valence-corrected chi connectivity index (χ3v) is 4.61. The molecule has 1 aliphatic carbocycles. The van der Waals surface area contributed by atoms with Crippen molar-refractivity contribution in [3.8, 4) is 0 Å². The second-order valence-corrected chi connectivity index (χ2v) is 5.93. The number of nitrogens with zero attached hydrogens (tertiary/aromatic N) is 2. The highest BCUT2D eigenvalue weighted by atomic mass is 16.5. The minimum Gasteiger partial charge on any atom is -0.464 e. The second-order valence-electron chi connectivity index (χ2n) is 5.93. The van der Waals surface area contributed by atoms with Crippen molar-refractivity contribution < 1.29 is 9.53 Å². The van der Waals surface area contributed by atoms with Crippen LogP contribution in [0.3, 0.4) is 0 Å². The summed E-state index contributed by atoms with van der Waals surface area (Å²) >= 11 is 0. The van der Waals surface area contributed by atoms with Crippen LogP contribution in [0.15, 0.2) is 24.5 Å². The van der Waals surface area contributed by atoms with Gasteiger partial charge in [-0.05, 0) is 55.0 Å². The quantitative estimate of drug-likeness (QED) is 0.880. The van der Waals surface area contributed by atoms with Gasteiger partial charge in [-0.1, -0.05) is 12.1 Å². The number of benzene rings is 1. The van der Waals surface area contributed by atoms with Gasteiger partial charge in [-0.25, -0.2) is 14.8 Å². The summed E-state index contributed by atoms with van der Waals surface area (Å²) in [6, 6.07) is 6.42. The van der Waals surface area contributed by atoms with Gasteiger partial charge in [0.15, 0.2) is 5.69 Å². The Bertz CT molecular complexity index is 743. The Morgan fingerprint density at radius 1 is 1.35 bits per heavy atom. The normalized spacial score (nSPS) is 16.2. The molecule has 0 amide bonds. The van der Waals surface area contributed by atoms with Crippen LogP contribution < -0.4 is 5.32 Å². The van der Waals surface area contributed by atoms with Crippen molar-refractivity contribution >= 4 is 5.97 Å². The Kier molecular flexibility index (Phi) is 4.39. The third-order valence-electron chi connectivity index (χ3n) is 4.61. The monoisotopic (exact) mass is 311 g/mol. The molecular weight excluding hydrogens is 290 g/mol. The summed E-state index contributed by atoms with van der Waals surface area (Å²) in [5, 5.41) is 3.54. The summed E-state index contributed by atoms with van der Waals surface area (Å²) < 4.78 is 4.69. The van der Waals surface area contributed by atoms with Gasteiger partial charge in [0.25, 0.3) is 0 Å². The van der Waals surface area contributed by atoms with Crippen molar-refractivity contribution in [2.75, 3.05) is 7.11 Å². The summed E-state index contributed by atoms with van der Waals surface area (Å²) in [6.07, 6.45) is 3.60. The first-order valence-corrected chi connectivity index (χ1v) is 7.81. The lowest BCUT2D eigenvalue weighted by atomic mass is 9.99. The molecule has 1 aromatic heterocycles. The van der Waals surface area contributed by atoms with Crippen LogP contribution in [0.5, 0.6) is 0 Å². The molecule has 0 spiro atoms. The van der Waals surface area contributed by atoms with Gasteiger partial charge < -0.3 is 10.1 Å². The molecule has 0 fully saturated rings. The van der Waals surface area contributed by atoms with E-state index < -0.39 is 5.97 Å². The summed E-state index contributed by atoms with van der Waals surface area (Å²) in [4.78, 5) is 19.7. The molecule has 0 radical (unpaired) electrons. The summed E-state index contributed by atoms with van der Waals surface area (Å²) in [7, 11) is 1.35. The number of esters is 1. The van der Waals surface area contributed by atoms with E-state index in [9.17, 15) is 4.79 Å². The standard InChI is InChI=1S/C18H21N3O2/c1-11-4-5-15-14(12(11)2)6-7-16(15)19-9-13-8-17(18(22)23-3)21-10-20-13/h4-5,8,10,16,19H,6-7,9H2,1-3H3. The van der Waals surface area contributed by atoms with Crippen molar-refractivity contribution in [1.82, 2.24) is 15.3 Å². The molecule has 3 rings (SSSR count). The van der Waals surface area contributed by atoms with Crippen LogP contribution in [-0.4, -0.2) is 23.0 Å². The summed E-state index contributed by atoms with van der Waals surface area (Å²) in [5.41, 5.74) is 6.69. The van der Waals surface area contributed by atoms with Gasteiger partial charge in [0.1, 0.15) is 6.33 Å². The van der Waals surface area contributed by atoms with E-state index in [4.69, 9.17) is 4.74 Å². The van der Waals surface area contributed by atoms with E-state index in [2.05, 4.69) is 41.3 Å². The predicted octanol–water partition coefficient (Wildman–Crippen LogP) is 2.66. The van der Waals surface area contributed by atoms with E-state index >= 15 is 0 Å². The lowest BCUT2D eigenvalue weighted by molar-refractivity contribution is 0.0593. The zero-order chi connectivity index (χ0) is 16.4. The Morgan fingerprint density at radius 3 is 2.96 bits per heavy atom. The molecule has 1 N–H and O–H groups in total. The molecule has 1 aliphatic rings. The van der Waals surface area contributed by atoms with Crippen molar-refractivity contribution in [3.05, 3.63) is 58.2 Å². The minimum atomic E-state index is -0.439. The molecule has 2 aromatic rings. The van der Waals surface area contributed by atoms with Gasteiger partial charge in [-0.2, -0.15) is 0 Å². The number of hydrogen-bond acceptors (Lipinski definition) is 5. The van der Waals surface area contributed by atoms with Crippen LogP contribution in [0.25, 0.3) is 0 Å². The minimum absolute atomic E-state index is 0.289. The Morgan fingerprint density at radius 2 is 2.17 bits per heavy atom. The molecule has 1 atom stereocenters. The number of carbonyl (C=O) groups excluding carboxylic acids is 1. The highest BCUT2D eigenvalue weighted by Gasteiger charge is 2.24. The summed E-state index contributed by atoms with van der Waals surface area (Å²) in [5.74, 6) is -0.439. The van der Waals surface area contributed by atoms with E-state index in [1.54, 1.807) is 6.07 Å². The van der Waals surface area contributed by atoms with Crippen molar-refractivity contribution in [2.45, 2.75) is 39.3 Å². The van der Waals surface area contributed by atoms with Crippen molar-refractivity contribution in [1.29, 1.82) is 0 Å². The highest BCUT2D eigenvalue weighted by Crippen LogP contribution is 2.34. The molecule has 5 nitrogen and oxygen atoms in total. The zero-order valence-corrected chi connectivity index (χ0v) is 13.7. The number of fused-ring (bicyclic) bond motifs is 1. The van der Waals surface area contributed by atoms with Crippen LogP contribution in [0.4, 0.5) is 0 Å². The molecule has 23 heavy (non-hydrogen) atoms. The lowest BCUT2D eigenvalue weighted by Gasteiger charge is -2.15. The number of hydrogen-bond donors (Lipinski definition) is 1. The maximum Gasteiger partial charge on any atom is 0.356 e. The number of ether oxygens (including phenoxy) is 1. The summed E-state index contributed by atoms with van der Waals surface area (Å²) in [6.45, 7) is 4.96. The molecule has 0 bridgehead atoms. The van der Waals surface area contributed by atoms with Crippen LogP contribution >= 0.6 is 0 Å². The Hall–Kier alpha value is -2.27. The van der Waals surface area contributed by atoms with Gasteiger partial charge in [0.05, 0.1) is 12.8 Å². The van der Waals surface area contributed by atoms with Crippen molar-refractivity contribution in [2.24, 2.45) is 0 Å². The number of nitrogens with one attached hydrogen (secondary N) is 1. The van der Waals surface area contributed by atoms with Crippen LogP contribution in [0.2, 0.25) is 0 Å². The third kappa shape index (κ3) is 3.10. The van der Waals surface area contributed by atoms with Gasteiger partial charge in [0.2, 0.25) is 0 Å². The predicted molar refractivity (Wildman–Crippen MR) is 87.2 cm³/mol. The molecule has 0 saturated carbocycles. The molecule has 5 heteroatoms. The lowest BCUT2D eigenvalue weighted by Crippen LogP contribution is -2.20. The number of aromatic nitrogens is 2. The maximum absolute atomic E-state index is 11.5. The first-order chi connectivity index (χ1) is 11.1. The van der Waals surface area contributed by atoms with Gasteiger partial charge in [-0.3, -0.25) is 0 Å². The van der Waals surface area contributed by atoms with E-state index in [1.807, 2.05) is 0 Å². The largest absolute Gasteiger partial charge is 0.464 e. The topological polar surface area (TPSA) is 64.1 Å². The van der Waals surface area contributed by atoms with Gasteiger partial charge >= 0.3 is 5.97 Å². The molecule has 0 saturated heterocycles. The fourth-order valence-corrected chi connectivity index (χ4v) is 3.15. The first kappa shape index (κ1) is 15.6. The Balaban J connectivity index is 1.72. The van der Waals surface area contributed by atoms with Gasteiger partial charge in [0, 0.05) is 12.6 Å². The number of rotatable bonds is 4. The van der Waals surface area contributed by atoms with E-state index in [1.165, 1.54) is 35.7 Å². The smallest absolute Gasteiger partial charge is 0.356 e. The Labute approximate surface area is 136 Å². The van der Waals surface area contributed by atoms with E-state index in [0.29, 0.717) is 12.6 Å². The number of methoxy groups -OCH3 is 1. The molecule has 120 valence electrons. The first-order valence-electron chi connectivity index (χ1n) is 7.81. The molecular formula is C18H21N3O2. The number of carbonyl (C=O) groups is 1. The van der Waals surface area contributed by atoms with Gasteiger partial charge in [-0.15, -0.1) is 0 Å². The molecule has 1 heterocycles. The molecule has 1 aromatic carbocycles. The SMILES string of the molecule is COC(=O)c1cc(CNC2CCc3c2ccc(C)c3C)ncn1. The maximum atomic E-state index is 11.5. The molecule has 0 aliphatic heterocycles. The fourth-order valence-electron chi connectivity index (χ4n) is 3.15. The second kappa shape index (κ2) is 6.46. The van der Waals surface area contributed by atoms with Crippen LogP contribution in [-0.2, 0) is 17.7 Å². The highest BCUT2D eigenvalue weighted by molar-refractivity contribution is 5.87. The zero-order valence-electron chi connectivity index (χ0n) is 13.7. The van der Waals surface area contributed by atoms with E-state index in [0.717, 1.165) is 18.5 Å². The van der Waals surface area contributed by atoms with Crippen molar-refractivity contribution in [3.63, 3.8) is 0 Å². The average Bonchev–Trinajstić information content (AvgIpc) is 2.99. The fraction of sp³-hybridized carbons (Fsp3) is 0.389. The average molecular weight is 311 g/mol. The van der Waals surface area contributed by atoms with Crippen LogP contribution in [0.1, 0.15) is 50.9 Å². The number of aryl methyl sites for hydroxylation is 1.